The van der Waals surface area contributed by atoms with Gasteiger partial charge in [0.15, 0.2) is 0 Å². The van der Waals surface area contributed by atoms with Crippen LogP contribution in [0, 0.1) is 5.92 Å². The molecule has 1 aliphatic heterocycles. The Morgan fingerprint density at radius 1 is 1.62 bits per heavy atom. The number of ether oxygens (including phenoxy) is 1. The van der Waals surface area contributed by atoms with E-state index in [-0.39, 0.29) is 0 Å². The molecule has 0 aromatic carbocycles. The Morgan fingerprint density at radius 2 is 2.31 bits per heavy atom. The number of allylic oxidation sites excluding steroid dienone is 1. The van der Waals surface area contributed by atoms with Gasteiger partial charge in [0.2, 0.25) is 0 Å². The molecule has 0 fully saturated rings. The second-order valence-electron chi connectivity index (χ2n) is 3.73. The first-order valence-electron chi connectivity index (χ1n) is 4.82. The van der Waals surface area contributed by atoms with Gasteiger partial charge in [-0.15, -0.1) is 0 Å². The second kappa shape index (κ2) is 4.47. The van der Waals surface area contributed by atoms with Crippen molar-refractivity contribution < 1.29 is 9.84 Å². The van der Waals surface area contributed by atoms with Gasteiger partial charge in [0, 0.05) is 0 Å². The largest absolute Gasteiger partial charge is 0.495 e. The molecule has 13 heavy (non-hydrogen) atoms. The lowest BCUT2D eigenvalue weighted by atomic mass is 9.97. The van der Waals surface area contributed by atoms with Crippen LogP contribution in [0.3, 0.4) is 0 Å². The molecule has 74 valence electrons. The van der Waals surface area contributed by atoms with Crippen LogP contribution in [0.25, 0.3) is 0 Å². The van der Waals surface area contributed by atoms with Crippen molar-refractivity contribution in [1.82, 2.24) is 0 Å². The van der Waals surface area contributed by atoms with Gasteiger partial charge in [-0.3, -0.25) is 0 Å². The monoisotopic (exact) mass is 182 g/mol. The summed E-state index contributed by atoms with van der Waals surface area (Å²) in [6.07, 6.45) is 3.39. The summed E-state index contributed by atoms with van der Waals surface area (Å²) in [6.45, 7) is 8.62. The molecule has 1 heterocycles. The number of aliphatic hydroxyl groups is 1. The fourth-order valence-corrected chi connectivity index (χ4v) is 1.27. The second-order valence-corrected chi connectivity index (χ2v) is 3.73. The lowest BCUT2D eigenvalue weighted by Gasteiger charge is -2.23. The Labute approximate surface area is 79.9 Å². The first-order chi connectivity index (χ1) is 6.13. The average Bonchev–Trinajstić information content (AvgIpc) is 2.17. The molecule has 1 N–H and O–H groups in total. The maximum Gasteiger partial charge on any atom is 0.132 e. The highest BCUT2D eigenvalue weighted by Gasteiger charge is 2.19. The van der Waals surface area contributed by atoms with Crippen LogP contribution in [-0.2, 0) is 4.74 Å². The summed E-state index contributed by atoms with van der Waals surface area (Å²) in [5, 5.41) is 9.82. The lowest BCUT2D eigenvalue weighted by molar-refractivity contribution is 0.106. The van der Waals surface area contributed by atoms with Crippen molar-refractivity contribution in [2.24, 2.45) is 5.92 Å². The smallest absolute Gasteiger partial charge is 0.132 e. The van der Waals surface area contributed by atoms with Gasteiger partial charge < -0.3 is 9.84 Å². The normalized spacial score (nSPS) is 19.2. The number of aliphatic hydroxyl groups excluding tert-OH is 1. The summed E-state index contributed by atoms with van der Waals surface area (Å²) in [5.74, 6) is 0.978. The van der Waals surface area contributed by atoms with Crippen molar-refractivity contribution in [3.63, 3.8) is 0 Å². The van der Waals surface area contributed by atoms with E-state index in [1.54, 1.807) is 0 Å². The Hall–Kier alpha value is -0.760. The molecule has 1 rings (SSSR count). The molecule has 0 radical (unpaired) electrons. The molecule has 1 aliphatic rings. The van der Waals surface area contributed by atoms with Gasteiger partial charge in [-0.2, -0.15) is 0 Å². The number of hydrogen-bond donors (Lipinski definition) is 1. The topological polar surface area (TPSA) is 29.5 Å². The van der Waals surface area contributed by atoms with Gasteiger partial charge in [-0.1, -0.05) is 20.4 Å². The molecule has 0 saturated heterocycles. The minimum absolute atomic E-state index is 0.293. The summed E-state index contributed by atoms with van der Waals surface area (Å²) in [5.41, 5.74) is 0.827. The predicted octanol–water partition coefficient (Wildman–Crippen LogP) is 2.25. The lowest BCUT2D eigenvalue weighted by Crippen LogP contribution is -2.20. The first kappa shape index (κ1) is 10.3. The van der Waals surface area contributed by atoms with Crippen LogP contribution in [0.1, 0.15) is 26.7 Å². The van der Waals surface area contributed by atoms with E-state index < -0.39 is 6.10 Å². The Balaban J connectivity index is 2.60. The van der Waals surface area contributed by atoms with Gasteiger partial charge in [-0.05, 0) is 30.4 Å². The van der Waals surface area contributed by atoms with Gasteiger partial charge in [0.05, 0.1) is 6.61 Å². The molecular weight excluding hydrogens is 164 g/mol. The van der Waals surface area contributed by atoms with Gasteiger partial charge >= 0.3 is 0 Å². The maximum atomic E-state index is 9.82. The van der Waals surface area contributed by atoms with E-state index in [9.17, 15) is 5.11 Å². The standard InChI is InChI=1S/C11H18O2/c1-8(2)9(3)11(12)10-6-4-5-7-13-10/h6,8,11-12H,3-5,7H2,1-2H3. The van der Waals surface area contributed by atoms with Crippen molar-refractivity contribution in [2.75, 3.05) is 6.61 Å². The quantitative estimate of drug-likeness (QED) is 0.678. The fourth-order valence-electron chi connectivity index (χ4n) is 1.27. The van der Waals surface area contributed by atoms with Gasteiger partial charge in [-0.25, -0.2) is 0 Å². The van der Waals surface area contributed by atoms with E-state index in [1.165, 1.54) is 0 Å². The third-order valence-corrected chi connectivity index (χ3v) is 2.33. The summed E-state index contributed by atoms with van der Waals surface area (Å²) < 4.78 is 5.36. The van der Waals surface area contributed by atoms with Crippen LogP contribution in [0.2, 0.25) is 0 Å². The molecule has 1 unspecified atom stereocenters. The molecule has 0 saturated carbocycles. The third kappa shape index (κ3) is 2.59. The van der Waals surface area contributed by atoms with Crippen molar-refractivity contribution in [1.29, 1.82) is 0 Å². The molecule has 0 spiro atoms. The van der Waals surface area contributed by atoms with Crippen LogP contribution in [0.4, 0.5) is 0 Å². The zero-order chi connectivity index (χ0) is 9.84. The zero-order valence-corrected chi connectivity index (χ0v) is 8.42. The SMILES string of the molecule is C=C(C(C)C)C(O)C1=CCCCO1. The van der Waals surface area contributed by atoms with Crippen molar-refractivity contribution in [3.05, 3.63) is 24.0 Å². The number of rotatable bonds is 3. The number of hydrogen-bond acceptors (Lipinski definition) is 2. The Morgan fingerprint density at radius 3 is 2.77 bits per heavy atom. The molecule has 0 bridgehead atoms. The highest BCUT2D eigenvalue weighted by Crippen LogP contribution is 2.22. The van der Waals surface area contributed by atoms with Crippen LogP contribution in [0.5, 0.6) is 0 Å². The van der Waals surface area contributed by atoms with E-state index in [4.69, 9.17) is 4.74 Å². The molecule has 2 heteroatoms. The summed E-state index contributed by atoms with van der Waals surface area (Å²) >= 11 is 0. The van der Waals surface area contributed by atoms with Crippen LogP contribution < -0.4 is 0 Å². The highest BCUT2D eigenvalue weighted by molar-refractivity contribution is 5.18. The molecule has 0 aromatic heterocycles. The summed E-state index contributed by atoms with van der Waals surface area (Å²) in [7, 11) is 0. The third-order valence-electron chi connectivity index (χ3n) is 2.33. The van der Waals surface area contributed by atoms with E-state index >= 15 is 0 Å². The van der Waals surface area contributed by atoms with E-state index in [0.717, 1.165) is 18.4 Å². The first-order valence-corrected chi connectivity index (χ1v) is 4.82. The van der Waals surface area contributed by atoms with Crippen molar-refractivity contribution in [2.45, 2.75) is 32.8 Å². The van der Waals surface area contributed by atoms with Crippen LogP contribution >= 0.6 is 0 Å². The minimum atomic E-state index is -0.611. The zero-order valence-electron chi connectivity index (χ0n) is 8.42. The Kier molecular flexibility index (Phi) is 3.55. The van der Waals surface area contributed by atoms with Gasteiger partial charge in [0.1, 0.15) is 11.9 Å². The predicted molar refractivity (Wildman–Crippen MR) is 53.3 cm³/mol. The minimum Gasteiger partial charge on any atom is -0.495 e. The maximum absolute atomic E-state index is 9.82. The molecule has 0 aliphatic carbocycles. The van der Waals surface area contributed by atoms with Crippen molar-refractivity contribution in [3.8, 4) is 0 Å². The molecule has 2 nitrogen and oxygen atoms in total. The van der Waals surface area contributed by atoms with E-state index in [2.05, 4.69) is 6.58 Å². The van der Waals surface area contributed by atoms with Gasteiger partial charge in [0.25, 0.3) is 0 Å². The summed E-state index contributed by atoms with van der Waals surface area (Å²) in [4.78, 5) is 0. The Bertz CT molecular complexity index is 216. The highest BCUT2D eigenvalue weighted by atomic mass is 16.5. The van der Waals surface area contributed by atoms with E-state index in [1.807, 2.05) is 19.9 Å². The summed E-state index contributed by atoms with van der Waals surface area (Å²) in [6, 6.07) is 0. The molecule has 0 amide bonds. The van der Waals surface area contributed by atoms with Crippen LogP contribution in [0.15, 0.2) is 24.0 Å². The molecule has 0 aromatic rings. The molecular formula is C11H18O2. The van der Waals surface area contributed by atoms with Crippen molar-refractivity contribution >= 4 is 0 Å². The van der Waals surface area contributed by atoms with Crippen LogP contribution in [-0.4, -0.2) is 17.8 Å². The average molecular weight is 182 g/mol. The fraction of sp³-hybridized carbons (Fsp3) is 0.636. The molecule has 1 atom stereocenters. The van der Waals surface area contributed by atoms with E-state index in [0.29, 0.717) is 18.3 Å².